The number of amides is 1. The van der Waals surface area contributed by atoms with E-state index in [9.17, 15) is 4.79 Å². The number of carbonyl (C=O) groups is 1. The maximum Gasteiger partial charge on any atom is 0.220 e. The summed E-state index contributed by atoms with van der Waals surface area (Å²) in [4.78, 5) is 14.7. The highest BCUT2D eigenvalue weighted by Gasteiger charge is 2.19. The monoisotopic (exact) mass is 379 g/mol. The van der Waals surface area contributed by atoms with Gasteiger partial charge in [0.05, 0.1) is 0 Å². The van der Waals surface area contributed by atoms with Crippen molar-refractivity contribution in [3.63, 3.8) is 0 Å². The van der Waals surface area contributed by atoms with Gasteiger partial charge in [0.1, 0.15) is 0 Å². The van der Waals surface area contributed by atoms with Gasteiger partial charge in [-0.25, -0.2) is 0 Å². The predicted molar refractivity (Wildman–Crippen MR) is 115 cm³/mol. The van der Waals surface area contributed by atoms with Crippen molar-refractivity contribution in [2.75, 3.05) is 19.6 Å². The summed E-state index contributed by atoms with van der Waals surface area (Å²) >= 11 is 0. The van der Waals surface area contributed by atoms with Crippen molar-refractivity contribution in [1.29, 1.82) is 0 Å². The number of carbonyl (C=O) groups excluding carboxylic acids is 1. The standard InChI is InChI=1S/C24H33N3O/c25-18-23-9-5-4-8-22(23)10-11-24(28)26-15-12-20-13-16-27(17-14-20)19-21-6-2-1-3-7-21/h1-9,20H,10-19,25H2,(H,26,28). The molecule has 3 rings (SSSR count). The number of nitrogens with two attached hydrogens (primary N) is 1. The van der Waals surface area contributed by atoms with Crippen molar-refractivity contribution in [3.8, 4) is 0 Å². The normalized spacial score (nSPS) is 15.5. The average molecular weight is 380 g/mol. The molecule has 150 valence electrons. The predicted octanol–water partition coefficient (Wildman–Crippen LogP) is 3.50. The van der Waals surface area contributed by atoms with Gasteiger partial charge in [-0.05, 0) is 61.4 Å². The van der Waals surface area contributed by atoms with Crippen LogP contribution in [-0.2, 0) is 24.3 Å². The Bertz CT molecular complexity index is 724. The number of nitrogens with zero attached hydrogens (tertiary/aromatic N) is 1. The van der Waals surface area contributed by atoms with Crippen LogP contribution in [0.1, 0.15) is 42.4 Å². The molecule has 4 heteroatoms. The summed E-state index contributed by atoms with van der Waals surface area (Å²) in [6, 6.07) is 18.8. The SMILES string of the molecule is NCc1ccccc1CCC(=O)NCCC1CCN(Cc2ccccc2)CC1. The largest absolute Gasteiger partial charge is 0.356 e. The first-order valence-electron chi connectivity index (χ1n) is 10.5. The van der Waals surface area contributed by atoms with Crippen LogP contribution in [0.5, 0.6) is 0 Å². The zero-order chi connectivity index (χ0) is 19.6. The second-order valence-corrected chi connectivity index (χ2v) is 7.82. The van der Waals surface area contributed by atoms with E-state index < -0.39 is 0 Å². The third-order valence-electron chi connectivity index (χ3n) is 5.79. The van der Waals surface area contributed by atoms with Crippen molar-refractivity contribution in [1.82, 2.24) is 10.2 Å². The Kier molecular flexibility index (Phi) is 8.07. The van der Waals surface area contributed by atoms with Crippen LogP contribution < -0.4 is 11.1 Å². The van der Waals surface area contributed by atoms with Crippen LogP contribution in [0, 0.1) is 5.92 Å². The minimum Gasteiger partial charge on any atom is -0.356 e. The number of likely N-dealkylation sites (tertiary alicyclic amines) is 1. The number of hydrogen-bond acceptors (Lipinski definition) is 3. The van der Waals surface area contributed by atoms with E-state index in [-0.39, 0.29) is 5.91 Å². The molecule has 0 saturated carbocycles. The highest BCUT2D eigenvalue weighted by atomic mass is 16.1. The zero-order valence-corrected chi connectivity index (χ0v) is 16.8. The second-order valence-electron chi connectivity index (χ2n) is 7.82. The molecule has 3 N–H and O–H groups in total. The van der Waals surface area contributed by atoms with Crippen LogP contribution >= 0.6 is 0 Å². The molecule has 0 atom stereocenters. The lowest BCUT2D eigenvalue weighted by molar-refractivity contribution is -0.121. The maximum absolute atomic E-state index is 12.2. The highest BCUT2D eigenvalue weighted by molar-refractivity contribution is 5.76. The second kappa shape index (κ2) is 11.0. The smallest absolute Gasteiger partial charge is 0.220 e. The molecule has 1 aliphatic heterocycles. The van der Waals surface area contributed by atoms with Gasteiger partial charge in [-0.1, -0.05) is 54.6 Å². The first-order chi connectivity index (χ1) is 13.7. The van der Waals surface area contributed by atoms with E-state index in [1.165, 1.54) is 24.0 Å². The van der Waals surface area contributed by atoms with Gasteiger partial charge in [-0.3, -0.25) is 9.69 Å². The Hall–Kier alpha value is -2.17. The summed E-state index contributed by atoms with van der Waals surface area (Å²) in [6.45, 7) is 4.68. The van der Waals surface area contributed by atoms with E-state index in [4.69, 9.17) is 5.73 Å². The first-order valence-corrected chi connectivity index (χ1v) is 10.5. The molecule has 28 heavy (non-hydrogen) atoms. The third kappa shape index (κ3) is 6.47. The average Bonchev–Trinajstić information content (AvgIpc) is 2.74. The minimum atomic E-state index is 0.147. The van der Waals surface area contributed by atoms with Crippen molar-refractivity contribution in [2.24, 2.45) is 11.7 Å². The Morgan fingerprint density at radius 1 is 1.00 bits per heavy atom. The fourth-order valence-corrected chi connectivity index (χ4v) is 4.03. The molecule has 0 aliphatic carbocycles. The first kappa shape index (κ1) is 20.6. The summed E-state index contributed by atoms with van der Waals surface area (Å²) in [5.74, 6) is 0.874. The van der Waals surface area contributed by atoms with Gasteiger partial charge < -0.3 is 11.1 Å². The Balaban J connectivity index is 1.30. The van der Waals surface area contributed by atoms with E-state index in [1.54, 1.807) is 0 Å². The van der Waals surface area contributed by atoms with Gasteiger partial charge in [0.2, 0.25) is 5.91 Å². The van der Waals surface area contributed by atoms with Gasteiger partial charge in [0.25, 0.3) is 0 Å². The zero-order valence-electron chi connectivity index (χ0n) is 16.8. The molecule has 4 nitrogen and oxygen atoms in total. The van der Waals surface area contributed by atoms with Crippen molar-refractivity contribution < 1.29 is 4.79 Å². The van der Waals surface area contributed by atoms with Gasteiger partial charge in [0.15, 0.2) is 0 Å². The Morgan fingerprint density at radius 2 is 1.68 bits per heavy atom. The summed E-state index contributed by atoms with van der Waals surface area (Å²) in [5.41, 5.74) is 9.48. The van der Waals surface area contributed by atoms with E-state index in [0.717, 1.165) is 50.5 Å². The van der Waals surface area contributed by atoms with E-state index in [2.05, 4.69) is 46.6 Å². The number of nitrogens with one attached hydrogen (secondary N) is 1. The summed E-state index contributed by atoms with van der Waals surface area (Å²) < 4.78 is 0. The molecule has 1 aliphatic rings. The van der Waals surface area contributed by atoms with Crippen molar-refractivity contribution >= 4 is 5.91 Å². The van der Waals surface area contributed by atoms with Gasteiger partial charge in [-0.2, -0.15) is 0 Å². The van der Waals surface area contributed by atoms with Crippen molar-refractivity contribution in [2.45, 2.75) is 45.2 Å². The van der Waals surface area contributed by atoms with Gasteiger partial charge in [-0.15, -0.1) is 0 Å². The molecular weight excluding hydrogens is 346 g/mol. The number of benzene rings is 2. The molecule has 0 unspecified atom stereocenters. The summed E-state index contributed by atoms with van der Waals surface area (Å²) in [5, 5.41) is 3.10. The molecule has 0 bridgehead atoms. The third-order valence-corrected chi connectivity index (χ3v) is 5.79. The molecule has 2 aromatic rings. The lowest BCUT2D eigenvalue weighted by Gasteiger charge is -2.32. The molecule has 1 amide bonds. The fourth-order valence-electron chi connectivity index (χ4n) is 4.03. The molecular formula is C24H33N3O. The lowest BCUT2D eigenvalue weighted by Crippen LogP contribution is -2.34. The van der Waals surface area contributed by atoms with Crippen LogP contribution in [-0.4, -0.2) is 30.4 Å². The molecule has 1 heterocycles. The summed E-state index contributed by atoms with van der Waals surface area (Å²) in [7, 11) is 0. The minimum absolute atomic E-state index is 0.147. The van der Waals surface area contributed by atoms with Gasteiger partial charge >= 0.3 is 0 Å². The molecule has 2 aromatic carbocycles. The van der Waals surface area contributed by atoms with E-state index in [0.29, 0.717) is 13.0 Å². The van der Waals surface area contributed by atoms with Gasteiger partial charge in [0, 0.05) is 26.1 Å². The fraction of sp³-hybridized carbons (Fsp3) is 0.458. The summed E-state index contributed by atoms with van der Waals surface area (Å²) in [6.07, 6.45) is 4.84. The molecule has 1 saturated heterocycles. The van der Waals surface area contributed by atoms with Crippen LogP contribution in [0.15, 0.2) is 54.6 Å². The number of aryl methyl sites for hydroxylation is 1. The molecule has 1 fully saturated rings. The number of rotatable bonds is 9. The van der Waals surface area contributed by atoms with Crippen molar-refractivity contribution in [3.05, 3.63) is 71.3 Å². The number of hydrogen-bond donors (Lipinski definition) is 2. The molecule has 0 spiro atoms. The van der Waals surface area contributed by atoms with E-state index >= 15 is 0 Å². The number of piperidine rings is 1. The molecule has 0 radical (unpaired) electrons. The highest BCUT2D eigenvalue weighted by Crippen LogP contribution is 2.21. The molecule has 0 aromatic heterocycles. The quantitative estimate of drug-likeness (QED) is 0.701. The van der Waals surface area contributed by atoms with Crippen LogP contribution in [0.3, 0.4) is 0 Å². The van der Waals surface area contributed by atoms with E-state index in [1.807, 2.05) is 18.2 Å². The maximum atomic E-state index is 12.2. The van der Waals surface area contributed by atoms with Crippen LogP contribution in [0.25, 0.3) is 0 Å². The topological polar surface area (TPSA) is 58.4 Å². The Labute approximate surface area is 169 Å². The van der Waals surface area contributed by atoms with Crippen LogP contribution in [0.2, 0.25) is 0 Å². The Morgan fingerprint density at radius 3 is 2.39 bits per heavy atom. The lowest BCUT2D eigenvalue weighted by atomic mass is 9.93. The van der Waals surface area contributed by atoms with Crippen LogP contribution in [0.4, 0.5) is 0 Å².